The van der Waals surface area contributed by atoms with Crippen molar-refractivity contribution in [3.63, 3.8) is 0 Å². The van der Waals surface area contributed by atoms with Gasteiger partial charge in [0.15, 0.2) is 0 Å². The maximum absolute atomic E-state index is 13.2. The molecule has 5 nitrogen and oxygen atoms in total. The van der Waals surface area contributed by atoms with Crippen LogP contribution in [0.15, 0.2) is 59.3 Å². The van der Waals surface area contributed by atoms with Gasteiger partial charge in [0.2, 0.25) is 5.91 Å². The summed E-state index contributed by atoms with van der Waals surface area (Å²) in [6.07, 6.45) is 2.95. The van der Waals surface area contributed by atoms with Crippen molar-refractivity contribution in [3.05, 3.63) is 65.1 Å². The zero-order chi connectivity index (χ0) is 19.5. The Kier molecular flexibility index (Phi) is 5.52. The van der Waals surface area contributed by atoms with E-state index in [-0.39, 0.29) is 17.5 Å². The van der Waals surface area contributed by atoms with Gasteiger partial charge in [-0.3, -0.25) is 4.79 Å². The summed E-state index contributed by atoms with van der Waals surface area (Å²) in [4.78, 5) is 25.8. The largest absolute Gasteiger partial charge is 0.310 e. The van der Waals surface area contributed by atoms with Gasteiger partial charge in [0.1, 0.15) is 27.8 Å². The fraction of sp³-hybridized carbons (Fsp3) is 0.0526. The quantitative estimate of drug-likeness (QED) is 0.345. The minimum absolute atomic E-state index is 0.162. The van der Waals surface area contributed by atoms with Crippen molar-refractivity contribution in [2.45, 2.75) is 5.03 Å². The SMILES string of the molecule is O=C(CSc1ncnc2scc(-c3ccc(F)cc3)c12)Nc1ccc(Cl)cn1. The lowest BCUT2D eigenvalue weighted by atomic mass is 10.1. The van der Waals surface area contributed by atoms with Crippen LogP contribution in [-0.4, -0.2) is 26.6 Å². The molecule has 0 radical (unpaired) electrons. The molecule has 0 aliphatic rings. The predicted octanol–water partition coefficient (Wildman–Crippen LogP) is 5.28. The number of rotatable bonds is 5. The predicted molar refractivity (Wildman–Crippen MR) is 111 cm³/mol. The van der Waals surface area contributed by atoms with Crippen LogP contribution < -0.4 is 5.32 Å². The Balaban J connectivity index is 1.55. The normalized spacial score (nSPS) is 10.9. The van der Waals surface area contributed by atoms with Crippen LogP contribution in [-0.2, 0) is 4.79 Å². The number of nitrogens with zero attached hydrogens (tertiary/aromatic N) is 3. The van der Waals surface area contributed by atoms with Crippen LogP contribution in [0.25, 0.3) is 21.3 Å². The average molecular weight is 431 g/mol. The number of hydrogen-bond acceptors (Lipinski definition) is 6. The van der Waals surface area contributed by atoms with E-state index in [9.17, 15) is 9.18 Å². The van der Waals surface area contributed by atoms with Crippen LogP contribution in [0.5, 0.6) is 0 Å². The van der Waals surface area contributed by atoms with Crippen molar-refractivity contribution in [3.8, 4) is 11.1 Å². The maximum atomic E-state index is 13.2. The number of nitrogens with one attached hydrogen (secondary N) is 1. The number of fused-ring (bicyclic) bond motifs is 1. The molecule has 0 saturated carbocycles. The van der Waals surface area contributed by atoms with E-state index in [1.165, 1.54) is 47.8 Å². The van der Waals surface area contributed by atoms with Crippen LogP contribution in [0, 0.1) is 5.82 Å². The van der Waals surface area contributed by atoms with Gasteiger partial charge in [0, 0.05) is 17.1 Å². The van der Waals surface area contributed by atoms with Crippen LogP contribution in [0.1, 0.15) is 0 Å². The third-order valence-electron chi connectivity index (χ3n) is 3.83. The summed E-state index contributed by atoms with van der Waals surface area (Å²) in [7, 11) is 0. The van der Waals surface area contributed by atoms with Crippen molar-refractivity contribution < 1.29 is 9.18 Å². The van der Waals surface area contributed by atoms with Gasteiger partial charge in [-0.05, 0) is 29.8 Å². The Labute approximate surface area is 173 Å². The third-order valence-corrected chi connectivity index (χ3v) is 5.92. The highest BCUT2D eigenvalue weighted by Crippen LogP contribution is 2.37. The number of amides is 1. The molecule has 0 spiro atoms. The number of benzene rings is 1. The van der Waals surface area contributed by atoms with Crippen LogP contribution in [0.3, 0.4) is 0 Å². The first-order valence-electron chi connectivity index (χ1n) is 8.12. The number of pyridine rings is 1. The number of carbonyl (C=O) groups is 1. The molecule has 3 aromatic heterocycles. The minimum atomic E-state index is -0.290. The molecular formula is C19H12ClFN4OS2. The highest BCUT2D eigenvalue weighted by molar-refractivity contribution is 8.00. The second-order valence-corrected chi connectivity index (χ2v) is 7.97. The van der Waals surface area contributed by atoms with Gasteiger partial charge in [0.05, 0.1) is 16.2 Å². The molecule has 28 heavy (non-hydrogen) atoms. The summed E-state index contributed by atoms with van der Waals surface area (Å²) in [5.41, 5.74) is 1.79. The van der Waals surface area contributed by atoms with Gasteiger partial charge in [-0.1, -0.05) is 35.5 Å². The molecular weight excluding hydrogens is 419 g/mol. The molecule has 0 bridgehead atoms. The Morgan fingerprint density at radius 1 is 1.14 bits per heavy atom. The number of thiophene rings is 1. The Hall–Kier alpha value is -2.55. The smallest absolute Gasteiger partial charge is 0.235 e. The molecule has 0 saturated heterocycles. The summed E-state index contributed by atoms with van der Waals surface area (Å²) < 4.78 is 13.2. The molecule has 9 heteroatoms. The Bertz CT molecular complexity index is 1130. The lowest BCUT2D eigenvalue weighted by Crippen LogP contribution is -2.15. The first-order chi connectivity index (χ1) is 13.6. The zero-order valence-corrected chi connectivity index (χ0v) is 16.6. The zero-order valence-electron chi connectivity index (χ0n) is 14.2. The molecule has 140 valence electrons. The molecule has 4 rings (SSSR count). The number of carbonyl (C=O) groups excluding carboxylic acids is 1. The number of hydrogen-bond donors (Lipinski definition) is 1. The lowest BCUT2D eigenvalue weighted by molar-refractivity contribution is -0.113. The van der Waals surface area contributed by atoms with E-state index in [1.54, 1.807) is 24.3 Å². The Morgan fingerprint density at radius 3 is 2.71 bits per heavy atom. The first-order valence-corrected chi connectivity index (χ1v) is 10.4. The number of thioether (sulfide) groups is 1. The van der Waals surface area contributed by atoms with Gasteiger partial charge in [-0.25, -0.2) is 19.3 Å². The van der Waals surface area contributed by atoms with Crippen molar-refractivity contribution >= 4 is 56.6 Å². The fourth-order valence-corrected chi connectivity index (χ4v) is 4.47. The molecule has 1 aromatic carbocycles. The van der Waals surface area contributed by atoms with E-state index in [0.29, 0.717) is 15.9 Å². The van der Waals surface area contributed by atoms with E-state index in [4.69, 9.17) is 11.6 Å². The average Bonchev–Trinajstić information content (AvgIpc) is 3.13. The van der Waals surface area contributed by atoms with E-state index in [2.05, 4.69) is 20.3 Å². The van der Waals surface area contributed by atoms with E-state index in [0.717, 1.165) is 21.3 Å². The molecule has 0 atom stereocenters. The summed E-state index contributed by atoms with van der Waals surface area (Å²) in [6, 6.07) is 9.57. The summed E-state index contributed by atoms with van der Waals surface area (Å²) in [6.45, 7) is 0. The number of anilines is 1. The molecule has 0 aliphatic heterocycles. The molecule has 1 amide bonds. The first kappa shape index (κ1) is 18.8. The van der Waals surface area contributed by atoms with Gasteiger partial charge >= 0.3 is 0 Å². The highest BCUT2D eigenvalue weighted by atomic mass is 35.5. The van der Waals surface area contributed by atoms with Gasteiger partial charge in [-0.15, -0.1) is 11.3 Å². The van der Waals surface area contributed by atoms with Crippen molar-refractivity contribution in [1.29, 1.82) is 0 Å². The topological polar surface area (TPSA) is 67.8 Å². The second-order valence-electron chi connectivity index (χ2n) is 5.71. The van der Waals surface area contributed by atoms with Crippen LogP contribution in [0.2, 0.25) is 5.02 Å². The molecule has 4 aromatic rings. The molecule has 0 unspecified atom stereocenters. The third kappa shape index (κ3) is 4.14. The van der Waals surface area contributed by atoms with Crippen molar-refractivity contribution in [1.82, 2.24) is 15.0 Å². The van der Waals surface area contributed by atoms with Gasteiger partial charge in [0.25, 0.3) is 0 Å². The standard InChI is InChI=1S/C19H12ClFN4OS2/c20-12-3-6-15(22-7-12)25-16(26)9-28-19-17-14(8-27-18(17)23-10-24-19)11-1-4-13(21)5-2-11/h1-8,10H,9H2,(H,22,25,26). The molecule has 0 fully saturated rings. The molecule has 0 aliphatic carbocycles. The molecule has 3 heterocycles. The van der Waals surface area contributed by atoms with Gasteiger partial charge in [-0.2, -0.15) is 0 Å². The Morgan fingerprint density at radius 2 is 1.96 bits per heavy atom. The lowest BCUT2D eigenvalue weighted by Gasteiger charge is -2.06. The van der Waals surface area contributed by atoms with Crippen LogP contribution >= 0.6 is 34.7 Å². The van der Waals surface area contributed by atoms with Gasteiger partial charge < -0.3 is 5.32 Å². The monoisotopic (exact) mass is 430 g/mol. The van der Waals surface area contributed by atoms with E-state index < -0.39 is 0 Å². The maximum Gasteiger partial charge on any atom is 0.235 e. The van der Waals surface area contributed by atoms with Crippen molar-refractivity contribution in [2.75, 3.05) is 11.1 Å². The minimum Gasteiger partial charge on any atom is -0.310 e. The summed E-state index contributed by atoms with van der Waals surface area (Å²) in [5.74, 6) is 0.104. The second kappa shape index (κ2) is 8.22. The number of halogens is 2. The van der Waals surface area contributed by atoms with E-state index >= 15 is 0 Å². The van der Waals surface area contributed by atoms with E-state index in [1.807, 2.05) is 5.38 Å². The number of aromatic nitrogens is 3. The fourth-order valence-electron chi connectivity index (χ4n) is 2.56. The van der Waals surface area contributed by atoms with Crippen molar-refractivity contribution in [2.24, 2.45) is 0 Å². The molecule has 1 N–H and O–H groups in total. The summed E-state index contributed by atoms with van der Waals surface area (Å²) >= 11 is 8.59. The highest BCUT2D eigenvalue weighted by Gasteiger charge is 2.15. The van der Waals surface area contributed by atoms with Crippen LogP contribution in [0.4, 0.5) is 10.2 Å². The summed E-state index contributed by atoms with van der Waals surface area (Å²) in [5, 5.41) is 6.75.